The molecule has 0 N–H and O–H groups in total. The van der Waals surface area contributed by atoms with Gasteiger partial charge < -0.3 is 4.90 Å². The molecule has 0 radical (unpaired) electrons. The third-order valence-corrected chi connectivity index (χ3v) is 2.69. The molecule has 4 nitrogen and oxygen atoms in total. The SMILES string of the molecule is Cc1nccnc1N(C)Cc1cccc(C#N)c1. The fourth-order valence-electron chi connectivity index (χ4n) is 1.86. The van der Waals surface area contributed by atoms with Crippen molar-refractivity contribution < 1.29 is 0 Å². The molecule has 0 unspecified atom stereocenters. The molecular weight excluding hydrogens is 224 g/mol. The summed E-state index contributed by atoms with van der Waals surface area (Å²) in [6.45, 7) is 2.64. The molecule has 0 aliphatic rings. The van der Waals surface area contributed by atoms with Crippen molar-refractivity contribution in [2.45, 2.75) is 13.5 Å². The third-order valence-electron chi connectivity index (χ3n) is 2.69. The van der Waals surface area contributed by atoms with Crippen LogP contribution in [-0.4, -0.2) is 17.0 Å². The van der Waals surface area contributed by atoms with Gasteiger partial charge >= 0.3 is 0 Å². The summed E-state index contributed by atoms with van der Waals surface area (Å²) in [5.41, 5.74) is 2.66. The van der Waals surface area contributed by atoms with Crippen molar-refractivity contribution in [1.29, 1.82) is 5.26 Å². The number of aryl methyl sites for hydroxylation is 1. The van der Waals surface area contributed by atoms with Crippen LogP contribution in [0, 0.1) is 18.3 Å². The van der Waals surface area contributed by atoms with Crippen molar-refractivity contribution in [3.05, 3.63) is 53.5 Å². The van der Waals surface area contributed by atoms with Crippen molar-refractivity contribution in [3.8, 4) is 6.07 Å². The molecule has 18 heavy (non-hydrogen) atoms. The molecule has 0 aliphatic heterocycles. The molecule has 0 saturated heterocycles. The average molecular weight is 238 g/mol. The van der Waals surface area contributed by atoms with Gasteiger partial charge in [-0.15, -0.1) is 0 Å². The van der Waals surface area contributed by atoms with Gasteiger partial charge in [0.1, 0.15) is 5.82 Å². The minimum absolute atomic E-state index is 0.678. The summed E-state index contributed by atoms with van der Waals surface area (Å²) in [6, 6.07) is 9.74. The molecule has 0 amide bonds. The smallest absolute Gasteiger partial charge is 0.150 e. The quantitative estimate of drug-likeness (QED) is 0.823. The second-order valence-corrected chi connectivity index (χ2v) is 4.13. The fraction of sp³-hybridized carbons (Fsp3) is 0.214. The first-order valence-corrected chi connectivity index (χ1v) is 5.68. The average Bonchev–Trinajstić information content (AvgIpc) is 2.39. The minimum atomic E-state index is 0.678. The molecule has 2 rings (SSSR count). The summed E-state index contributed by atoms with van der Waals surface area (Å²) in [6.07, 6.45) is 3.37. The number of anilines is 1. The highest BCUT2D eigenvalue weighted by Gasteiger charge is 2.07. The number of nitriles is 1. The van der Waals surface area contributed by atoms with Crippen LogP contribution < -0.4 is 4.90 Å². The molecule has 4 heteroatoms. The van der Waals surface area contributed by atoms with E-state index >= 15 is 0 Å². The standard InChI is InChI=1S/C14H14N4/c1-11-14(17-7-6-16-11)18(2)10-13-5-3-4-12(8-13)9-15/h3-8H,10H2,1-2H3. The highest BCUT2D eigenvalue weighted by atomic mass is 15.2. The van der Waals surface area contributed by atoms with E-state index in [9.17, 15) is 0 Å². The third kappa shape index (κ3) is 2.64. The Bertz CT molecular complexity index is 586. The summed E-state index contributed by atoms with van der Waals surface area (Å²) in [7, 11) is 1.97. The van der Waals surface area contributed by atoms with Crippen molar-refractivity contribution in [2.75, 3.05) is 11.9 Å². The Balaban J connectivity index is 2.19. The van der Waals surface area contributed by atoms with Gasteiger partial charge in [0.25, 0.3) is 0 Å². The number of hydrogen-bond donors (Lipinski definition) is 0. The lowest BCUT2D eigenvalue weighted by Gasteiger charge is -2.19. The maximum atomic E-state index is 8.87. The molecule has 0 fully saturated rings. The molecule has 0 aliphatic carbocycles. The summed E-state index contributed by atoms with van der Waals surface area (Å²) in [4.78, 5) is 10.6. The number of hydrogen-bond acceptors (Lipinski definition) is 4. The lowest BCUT2D eigenvalue weighted by molar-refractivity contribution is 0.877. The van der Waals surface area contributed by atoms with Gasteiger partial charge in [0.05, 0.1) is 17.3 Å². The Kier molecular flexibility index (Phi) is 3.54. The number of benzene rings is 1. The molecule has 0 bridgehead atoms. The van der Waals surface area contributed by atoms with E-state index in [1.807, 2.05) is 37.1 Å². The van der Waals surface area contributed by atoms with Crippen LogP contribution >= 0.6 is 0 Å². The summed E-state index contributed by atoms with van der Waals surface area (Å²) in [5.74, 6) is 0.861. The second-order valence-electron chi connectivity index (χ2n) is 4.13. The van der Waals surface area contributed by atoms with Gasteiger partial charge in [-0.2, -0.15) is 5.26 Å². The minimum Gasteiger partial charge on any atom is -0.354 e. The summed E-state index contributed by atoms with van der Waals surface area (Å²) in [5, 5.41) is 8.87. The van der Waals surface area contributed by atoms with Gasteiger partial charge in [0, 0.05) is 26.0 Å². The van der Waals surface area contributed by atoms with Crippen LogP contribution in [0.15, 0.2) is 36.7 Å². The second kappa shape index (κ2) is 5.28. The van der Waals surface area contributed by atoms with Crippen LogP contribution in [0.25, 0.3) is 0 Å². The lowest BCUT2D eigenvalue weighted by Crippen LogP contribution is -2.19. The van der Waals surface area contributed by atoms with Crippen LogP contribution in [-0.2, 0) is 6.54 Å². The number of aromatic nitrogens is 2. The summed E-state index contributed by atoms with van der Waals surface area (Å²) >= 11 is 0. The van der Waals surface area contributed by atoms with Crippen LogP contribution in [0.5, 0.6) is 0 Å². The monoisotopic (exact) mass is 238 g/mol. The van der Waals surface area contributed by atoms with E-state index in [4.69, 9.17) is 5.26 Å². The first-order chi connectivity index (χ1) is 8.70. The zero-order chi connectivity index (χ0) is 13.0. The van der Waals surface area contributed by atoms with E-state index in [1.54, 1.807) is 18.5 Å². The molecule has 0 saturated carbocycles. The van der Waals surface area contributed by atoms with E-state index in [2.05, 4.69) is 16.0 Å². The zero-order valence-electron chi connectivity index (χ0n) is 10.5. The molecular formula is C14H14N4. The molecule has 0 spiro atoms. The Hall–Kier alpha value is -2.41. The Morgan fingerprint density at radius 1 is 1.28 bits per heavy atom. The molecule has 1 heterocycles. The number of nitrogens with zero attached hydrogens (tertiary/aromatic N) is 4. The molecule has 1 aromatic heterocycles. The predicted molar refractivity (Wildman–Crippen MR) is 70.0 cm³/mol. The van der Waals surface area contributed by atoms with Crippen molar-refractivity contribution >= 4 is 5.82 Å². The van der Waals surface area contributed by atoms with Crippen LogP contribution in [0.4, 0.5) is 5.82 Å². The number of rotatable bonds is 3. The van der Waals surface area contributed by atoms with E-state index < -0.39 is 0 Å². The van der Waals surface area contributed by atoms with Crippen molar-refractivity contribution in [1.82, 2.24) is 9.97 Å². The van der Waals surface area contributed by atoms with Gasteiger partial charge in [0.15, 0.2) is 0 Å². The predicted octanol–water partition coefficient (Wildman–Crippen LogP) is 2.29. The van der Waals surface area contributed by atoms with Gasteiger partial charge in [0.2, 0.25) is 0 Å². The van der Waals surface area contributed by atoms with E-state index in [0.717, 1.165) is 17.1 Å². The normalized spacial score (nSPS) is 9.83. The maximum Gasteiger partial charge on any atom is 0.150 e. The lowest BCUT2D eigenvalue weighted by atomic mass is 10.1. The molecule has 1 aromatic carbocycles. The summed E-state index contributed by atoms with van der Waals surface area (Å²) < 4.78 is 0. The van der Waals surface area contributed by atoms with Crippen LogP contribution in [0.3, 0.4) is 0 Å². The van der Waals surface area contributed by atoms with E-state index in [1.165, 1.54) is 0 Å². The Morgan fingerprint density at radius 2 is 2.06 bits per heavy atom. The largest absolute Gasteiger partial charge is 0.354 e. The molecule has 2 aromatic rings. The maximum absolute atomic E-state index is 8.87. The van der Waals surface area contributed by atoms with Crippen molar-refractivity contribution in [3.63, 3.8) is 0 Å². The highest BCUT2D eigenvalue weighted by Crippen LogP contribution is 2.15. The van der Waals surface area contributed by atoms with E-state index in [-0.39, 0.29) is 0 Å². The first-order valence-electron chi connectivity index (χ1n) is 5.68. The first kappa shape index (κ1) is 12.1. The van der Waals surface area contributed by atoms with Crippen molar-refractivity contribution in [2.24, 2.45) is 0 Å². The Morgan fingerprint density at radius 3 is 2.78 bits per heavy atom. The molecule has 0 atom stereocenters. The van der Waals surface area contributed by atoms with Crippen LogP contribution in [0.1, 0.15) is 16.8 Å². The van der Waals surface area contributed by atoms with Gasteiger partial charge in [-0.05, 0) is 24.6 Å². The van der Waals surface area contributed by atoms with Gasteiger partial charge in [-0.1, -0.05) is 12.1 Å². The fourth-order valence-corrected chi connectivity index (χ4v) is 1.86. The topological polar surface area (TPSA) is 52.8 Å². The van der Waals surface area contributed by atoms with Crippen LogP contribution in [0.2, 0.25) is 0 Å². The van der Waals surface area contributed by atoms with Gasteiger partial charge in [-0.25, -0.2) is 4.98 Å². The molecule has 90 valence electrons. The van der Waals surface area contributed by atoms with Gasteiger partial charge in [-0.3, -0.25) is 4.98 Å². The highest BCUT2D eigenvalue weighted by molar-refractivity contribution is 5.43. The Labute approximate surface area is 107 Å². The van der Waals surface area contributed by atoms with E-state index in [0.29, 0.717) is 12.1 Å². The zero-order valence-corrected chi connectivity index (χ0v) is 10.5.